The number of rotatable bonds is 7. The summed E-state index contributed by atoms with van der Waals surface area (Å²) in [6, 6.07) is 13.9. The number of carboxylic acid groups (broad SMARTS) is 1. The number of methoxy groups -OCH3 is 1. The Morgan fingerprint density at radius 2 is 1.79 bits per heavy atom. The summed E-state index contributed by atoms with van der Waals surface area (Å²) in [6.07, 6.45) is 0.496. The maximum absolute atomic E-state index is 13.2. The molecule has 1 aliphatic heterocycles. The van der Waals surface area contributed by atoms with Crippen molar-refractivity contribution in [2.24, 2.45) is 5.73 Å². The number of aliphatic carboxylic acids is 1. The highest BCUT2D eigenvalue weighted by atomic mass is 16.5. The average molecular weight is 393 g/mol. The topological polar surface area (TPSA) is 117 Å². The first-order chi connectivity index (χ1) is 13.8. The summed E-state index contributed by atoms with van der Waals surface area (Å²) >= 11 is 0. The summed E-state index contributed by atoms with van der Waals surface area (Å²) < 4.78 is 5.57. The van der Waals surface area contributed by atoms with Crippen LogP contribution in [0.5, 0.6) is 0 Å². The van der Waals surface area contributed by atoms with E-state index in [9.17, 15) is 9.59 Å². The molecule has 4 N–H and O–H groups in total. The smallest absolute Gasteiger partial charge is 0.303 e. The van der Waals surface area contributed by atoms with Crippen molar-refractivity contribution in [3.8, 4) is 0 Å². The molecule has 0 bridgehead atoms. The third kappa shape index (κ3) is 3.99. The van der Waals surface area contributed by atoms with E-state index >= 15 is 0 Å². The number of nitrogen functional groups attached to an aromatic ring is 1. The van der Waals surface area contributed by atoms with Gasteiger partial charge in [0.15, 0.2) is 0 Å². The highest BCUT2D eigenvalue weighted by molar-refractivity contribution is 6.30. The number of carboxylic acids is 1. The highest BCUT2D eigenvalue weighted by Crippen LogP contribution is 2.36. The van der Waals surface area contributed by atoms with Gasteiger partial charge in [-0.05, 0) is 48.7 Å². The molecule has 150 valence electrons. The summed E-state index contributed by atoms with van der Waals surface area (Å²) in [6.45, 7) is 1.89. The molecule has 29 heavy (non-hydrogen) atoms. The van der Waals surface area contributed by atoms with Gasteiger partial charge >= 0.3 is 5.97 Å². The van der Waals surface area contributed by atoms with Crippen LogP contribution >= 0.6 is 0 Å². The fraction of sp³-hybridized carbons (Fsp3) is 0.227. The molecular formula is C22H23N3O4. The number of nitrogens with two attached hydrogens (primary N) is 1. The van der Waals surface area contributed by atoms with Crippen LogP contribution in [0, 0.1) is 5.41 Å². The number of amides is 1. The first-order valence-electron chi connectivity index (χ1n) is 9.20. The molecule has 7 nitrogen and oxygen atoms in total. The molecule has 0 fully saturated rings. The summed E-state index contributed by atoms with van der Waals surface area (Å²) in [5.74, 6) is -0.478. The molecule has 1 amide bonds. The van der Waals surface area contributed by atoms with Gasteiger partial charge in [0.25, 0.3) is 5.91 Å². The minimum absolute atomic E-state index is 0.0308. The molecule has 0 saturated heterocycles. The number of carbonyl (C=O) groups is 2. The fourth-order valence-corrected chi connectivity index (χ4v) is 3.50. The van der Waals surface area contributed by atoms with Gasteiger partial charge in [-0.15, -0.1) is 0 Å². The van der Waals surface area contributed by atoms with E-state index in [1.54, 1.807) is 36.3 Å². The lowest BCUT2D eigenvalue weighted by Gasteiger charge is -2.23. The number of nitrogens with zero attached hydrogens (tertiary/aromatic N) is 1. The second-order valence-corrected chi connectivity index (χ2v) is 6.85. The fourth-order valence-electron chi connectivity index (χ4n) is 3.50. The van der Waals surface area contributed by atoms with E-state index in [1.165, 1.54) is 0 Å². The first-order valence-corrected chi connectivity index (χ1v) is 9.20. The number of benzene rings is 2. The van der Waals surface area contributed by atoms with Crippen molar-refractivity contribution in [1.82, 2.24) is 0 Å². The zero-order valence-corrected chi connectivity index (χ0v) is 16.3. The van der Waals surface area contributed by atoms with Crippen LogP contribution in [0.1, 0.15) is 30.0 Å². The average Bonchev–Trinajstić information content (AvgIpc) is 2.96. The molecule has 2 aromatic carbocycles. The standard InChI is InChI=1S/C22H23N3O4/c1-13-20(29-2)19(15-6-3-14(4-7-15)5-12-18(26)27)22(28)25(13)17-10-8-16(9-11-17)21(23)24/h3-4,6-11,13H,5,12H2,1-2H3,(H3,23,24)(H,26,27). The predicted molar refractivity (Wildman–Crippen MR) is 111 cm³/mol. The maximum Gasteiger partial charge on any atom is 0.303 e. The Labute approximate surface area is 168 Å². The molecule has 1 heterocycles. The predicted octanol–water partition coefficient (Wildman–Crippen LogP) is 2.78. The van der Waals surface area contributed by atoms with Crippen molar-refractivity contribution >= 4 is 29.0 Å². The van der Waals surface area contributed by atoms with Gasteiger partial charge in [0.1, 0.15) is 11.6 Å². The number of ether oxygens (including phenoxy) is 1. The second-order valence-electron chi connectivity index (χ2n) is 6.85. The molecule has 1 atom stereocenters. The summed E-state index contributed by atoms with van der Waals surface area (Å²) in [5, 5.41) is 16.3. The molecule has 0 saturated carbocycles. The Morgan fingerprint density at radius 3 is 2.31 bits per heavy atom. The van der Waals surface area contributed by atoms with Gasteiger partial charge in [0.2, 0.25) is 0 Å². The molecule has 3 rings (SSSR count). The van der Waals surface area contributed by atoms with Crippen LogP contribution in [0.3, 0.4) is 0 Å². The zero-order chi connectivity index (χ0) is 21.1. The third-order valence-electron chi connectivity index (χ3n) is 4.99. The molecule has 0 aliphatic carbocycles. The lowest BCUT2D eigenvalue weighted by molar-refractivity contribution is -0.137. The third-order valence-corrected chi connectivity index (χ3v) is 4.99. The number of hydrogen-bond acceptors (Lipinski definition) is 4. The van der Waals surface area contributed by atoms with Gasteiger partial charge in [-0.2, -0.15) is 0 Å². The normalized spacial score (nSPS) is 16.3. The molecule has 0 aromatic heterocycles. The zero-order valence-electron chi connectivity index (χ0n) is 16.3. The summed E-state index contributed by atoms with van der Waals surface area (Å²) in [7, 11) is 1.54. The number of nitrogens with one attached hydrogen (secondary N) is 1. The van der Waals surface area contributed by atoms with Crippen LogP contribution in [0.2, 0.25) is 0 Å². The Bertz CT molecular complexity index is 978. The molecule has 1 unspecified atom stereocenters. The molecule has 0 radical (unpaired) electrons. The van der Waals surface area contributed by atoms with Crippen molar-refractivity contribution in [3.63, 3.8) is 0 Å². The van der Waals surface area contributed by atoms with Gasteiger partial charge in [0, 0.05) is 17.7 Å². The van der Waals surface area contributed by atoms with Crippen LogP contribution in [0.15, 0.2) is 54.3 Å². The monoisotopic (exact) mass is 393 g/mol. The molecule has 2 aromatic rings. The highest BCUT2D eigenvalue weighted by Gasteiger charge is 2.39. The Balaban J connectivity index is 1.90. The Hall–Kier alpha value is -3.61. The Morgan fingerprint density at radius 1 is 1.17 bits per heavy atom. The number of carbonyl (C=O) groups excluding carboxylic acids is 1. The minimum atomic E-state index is -0.843. The SMILES string of the molecule is COC1=C(c2ccc(CCC(=O)O)cc2)C(=O)N(c2ccc(C(=N)N)cc2)C1C. The van der Waals surface area contributed by atoms with E-state index in [1.807, 2.05) is 31.2 Å². The van der Waals surface area contributed by atoms with Gasteiger partial charge in [-0.25, -0.2) is 0 Å². The lowest BCUT2D eigenvalue weighted by Crippen LogP contribution is -2.33. The number of hydrogen-bond donors (Lipinski definition) is 3. The van der Waals surface area contributed by atoms with Crippen molar-refractivity contribution in [3.05, 3.63) is 71.0 Å². The minimum Gasteiger partial charge on any atom is -0.498 e. The van der Waals surface area contributed by atoms with Gasteiger partial charge in [-0.3, -0.25) is 19.9 Å². The van der Waals surface area contributed by atoms with Gasteiger partial charge in [0.05, 0.1) is 18.7 Å². The van der Waals surface area contributed by atoms with Crippen LogP contribution in [0.25, 0.3) is 5.57 Å². The van der Waals surface area contributed by atoms with Gasteiger partial charge < -0.3 is 15.6 Å². The van der Waals surface area contributed by atoms with E-state index in [0.29, 0.717) is 29.0 Å². The number of amidine groups is 1. The molecule has 1 aliphatic rings. The maximum atomic E-state index is 13.2. The van der Waals surface area contributed by atoms with Crippen LogP contribution < -0.4 is 10.6 Å². The lowest BCUT2D eigenvalue weighted by atomic mass is 10.0. The van der Waals surface area contributed by atoms with Crippen LogP contribution in [-0.4, -0.2) is 36.0 Å². The molecule has 7 heteroatoms. The number of anilines is 1. The van der Waals surface area contributed by atoms with E-state index in [-0.39, 0.29) is 24.2 Å². The quantitative estimate of drug-likeness (QED) is 0.494. The van der Waals surface area contributed by atoms with Crippen molar-refractivity contribution in [1.29, 1.82) is 5.41 Å². The van der Waals surface area contributed by atoms with E-state index in [0.717, 1.165) is 11.1 Å². The number of aryl methyl sites for hydroxylation is 1. The van der Waals surface area contributed by atoms with Crippen molar-refractivity contribution < 1.29 is 19.4 Å². The summed E-state index contributed by atoms with van der Waals surface area (Å²) in [4.78, 5) is 25.6. The largest absolute Gasteiger partial charge is 0.498 e. The van der Waals surface area contributed by atoms with Crippen molar-refractivity contribution in [2.75, 3.05) is 12.0 Å². The molecular weight excluding hydrogens is 370 g/mol. The second kappa shape index (κ2) is 8.18. The van der Waals surface area contributed by atoms with Gasteiger partial charge in [-0.1, -0.05) is 24.3 Å². The molecule has 0 spiro atoms. The van der Waals surface area contributed by atoms with Crippen LogP contribution in [0.4, 0.5) is 5.69 Å². The van der Waals surface area contributed by atoms with E-state index in [2.05, 4.69) is 0 Å². The van der Waals surface area contributed by atoms with E-state index < -0.39 is 5.97 Å². The van der Waals surface area contributed by atoms with E-state index in [4.69, 9.17) is 21.0 Å². The Kier molecular flexibility index (Phi) is 5.68. The van der Waals surface area contributed by atoms with Crippen LogP contribution in [-0.2, 0) is 20.7 Å². The summed E-state index contributed by atoms with van der Waals surface area (Å²) in [5.41, 5.74) is 8.89. The van der Waals surface area contributed by atoms with Crippen molar-refractivity contribution in [2.45, 2.75) is 25.8 Å². The first kappa shape index (κ1) is 20.1.